The van der Waals surface area contributed by atoms with Gasteiger partial charge in [0.1, 0.15) is 12.3 Å². The lowest BCUT2D eigenvalue weighted by Crippen LogP contribution is -2.67. The summed E-state index contributed by atoms with van der Waals surface area (Å²) < 4.78 is 142. The highest BCUT2D eigenvalue weighted by Crippen LogP contribution is 2.57. The van der Waals surface area contributed by atoms with Crippen molar-refractivity contribution >= 4 is 6.21 Å². The van der Waals surface area contributed by atoms with E-state index in [0.29, 0.717) is 6.21 Å². The van der Waals surface area contributed by atoms with Crippen molar-refractivity contribution in [1.29, 1.82) is 0 Å². The molecule has 0 fully saturated rings. The largest absolute Gasteiger partial charge is 0.507 e. The van der Waals surface area contributed by atoms with E-state index in [4.69, 9.17) is 0 Å². The summed E-state index contributed by atoms with van der Waals surface area (Å²) in [5.74, 6) is -28.6. The molecule has 1 aromatic rings. The summed E-state index contributed by atoms with van der Waals surface area (Å²) in [6.45, 7) is 2.41. The van der Waals surface area contributed by atoms with Crippen molar-refractivity contribution in [2.75, 3.05) is 6.54 Å². The fourth-order valence-corrected chi connectivity index (χ4v) is 2.23. The first kappa shape index (κ1) is 26.0. The molecule has 0 aliphatic heterocycles. The second kappa shape index (κ2) is 7.56. The monoisotopic (exact) mass is 459 g/mol. The Morgan fingerprint density at radius 3 is 1.73 bits per heavy atom. The highest BCUT2D eigenvalue weighted by Gasteiger charge is 2.87. The third-order valence-electron chi connectivity index (χ3n) is 4.00. The van der Waals surface area contributed by atoms with Gasteiger partial charge >= 0.3 is 29.9 Å². The number of halogens is 11. The standard InChI is InChI=1S/C17H16F11NO/c1-12(2,3)10-6-4-5-9(11(10)30)7-29-8-13(18,19)14(20,21)15(22,23)16(24,25)17(26,27)28/h4-7,30H,8H2,1-3H3. The van der Waals surface area contributed by atoms with Crippen LogP contribution in [0.3, 0.4) is 0 Å². The molecule has 1 rings (SSSR count). The molecule has 0 atom stereocenters. The van der Waals surface area contributed by atoms with Crippen LogP contribution >= 0.6 is 0 Å². The van der Waals surface area contributed by atoms with Crippen LogP contribution in [0.15, 0.2) is 23.2 Å². The maximum atomic E-state index is 13.6. The highest BCUT2D eigenvalue weighted by atomic mass is 19.4. The molecule has 0 radical (unpaired) electrons. The molecule has 0 aliphatic rings. The first-order valence-corrected chi connectivity index (χ1v) is 8.01. The molecule has 0 bridgehead atoms. The third-order valence-corrected chi connectivity index (χ3v) is 4.00. The van der Waals surface area contributed by atoms with Crippen molar-refractivity contribution in [3.63, 3.8) is 0 Å². The summed E-state index contributed by atoms with van der Waals surface area (Å²) in [5.41, 5.74) is -0.676. The molecule has 0 spiro atoms. The summed E-state index contributed by atoms with van der Waals surface area (Å²) in [4.78, 5) is 2.75. The Hall–Kier alpha value is -2.08. The quantitative estimate of drug-likeness (QED) is 0.398. The number of hydrogen-bond acceptors (Lipinski definition) is 2. The van der Waals surface area contributed by atoms with Crippen molar-refractivity contribution in [3.05, 3.63) is 29.3 Å². The smallest absolute Gasteiger partial charge is 0.460 e. The lowest BCUT2D eigenvalue weighted by Gasteiger charge is -2.36. The van der Waals surface area contributed by atoms with Gasteiger partial charge in [0.2, 0.25) is 0 Å². The molecular weight excluding hydrogens is 443 g/mol. The van der Waals surface area contributed by atoms with Crippen LogP contribution in [0.5, 0.6) is 5.75 Å². The number of phenolic OH excluding ortho intramolecular Hbond substituents is 1. The minimum atomic E-state index is -7.47. The van der Waals surface area contributed by atoms with E-state index in [9.17, 15) is 53.4 Å². The second-order valence-corrected chi connectivity index (χ2v) is 7.39. The maximum Gasteiger partial charge on any atom is 0.460 e. The van der Waals surface area contributed by atoms with Gasteiger partial charge < -0.3 is 5.11 Å². The molecule has 0 amide bonds. The van der Waals surface area contributed by atoms with Crippen LogP contribution in [0.2, 0.25) is 0 Å². The minimum absolute atomic E-state index is 0.278. The number of benzene rings is 1. The molecule has 0 unspecified atom stereocenters. The topological polar surface area (TPSA) is 32.6 Å². The summed E-state index contributed by atoms with van der Waals surface area (Å²) in [7, 11) is 0. The third kappa shape index (κ3) is 4.34. The van der Waals surface area contributed by atoms with Gasteiger partial charge in [-0.1, -0.05) is 32.9 Å². The van der Waals surface area contributed by atoms with Crippen molar-refractivity contribution in [1.82, 2.24) is 0 Å². The SMILES string of the molecule is CC(C)(C)c1cccc(C=NCC(F)(F)C(F)(F)C(F)(F)C(F)(F)C(F)(F)F)c1O. The van der Waals surface area contributed by atoms with E-state index < -0.39 is 47.6 Å². The lowest BCUT2D eigenvalue weighted by atomic mass is 9.85. The van der Waals surface area contributed by atoms with E-state index in [2.05, 4.69) is 4.99 Å². The van der Waals surface area contributed by atoms with E-state index in [1.165, 1.54) is 12.1 Å². The average molecular weight is 459 g/mol. The summed E-state index contributed by atoms with van der Waals surface area (Å²) in [6, 6.07) is 3.86. The molecule has 172 valence electrons. The number of hydrogen-bond donors (Lipinski definition) is 1. The zero-order valence-corrected chi connectivity index (χ0v) is 15.6. The highest BCUT2D eigenvalue weighted by molar-refractivity contribution is 5.84. The number of para-hydroxylation sites is 1. The van der Waals surface area contributed by atoms with Crippen molar-refractivity contribution in [3.8, 4) is 5.75 Å². The van der Waals surface area contributed by atoms with Crippen LogP contribution < -0.4 is 0 Å². The Bertz CT molecular complexity index is 792. The van der Waals surface area contributed by atoms with E-state index in [1.807, 2.05) is 0 Å². The van der Waals surface area contributed by atoms with Crippen LogP contribution in [0.1, 0.15) is 31.9 Å². The zero-order valence-electron chi connectivity index (χ0n) is 15.6. The number of aromatic hydroxyl groups is 1. The van der Waals surface area contributed by atoms with Crippen molar-refractivity contribution in [2.24, 2.45) is 4.99 Å². The molecule has 13 heteroatoms. The minimum Gasteiger partial charge on any atom is -0.507 e. The maximum absolute atomic E-state index is 13.6. The number of alkyl halides is 11. The van der Waals surface area contributed by atoms with Crippen LogP contribution in [0.4, 0.5) is 48.3 Å². The van der Waals surface area contributed by atoms with Gasteiger partial charge in [-0.15, -0.1) is 0 Å². The predicted octanol–water partition coefficient (Wildman–Crippen LogP) is 6.21. The normalized spacial score (nSPS) is 15.1. The van der Waals surface area contributed by atoms with E-state index in [0.717, 1.165) is 6.07 Å². The van der Waals surface area contributed by atoms with E-state index in [1.54, 1.807) is 20.8 Å². The second-order valence-electron chi connectivity index (χ2n) is 7.39. The zero-order chi connectivity index (χ0) is 24.0. The van der Waals surface area contributed by atoms with Gasteiger partial charge in [-0.3, -0.25) is 4.99 Å². The van der Waals surface area contributed by atoms with Crippen molar-refractivity contribution in [2.45, 2.75) is 56.1 Å². The van der Waals surface area contributed by atoms with Crippen LogP contribution in [0, 0.1) is 0 Å². The molecule has 0 heterocycles. The number of rotatable bonds is 6. The van der Waals surface area contributed by atoms with Crippen LogP contribution in [-0.4, -0.2) is 47.7 Å². The van der Waals surface area contributed by atoms with Gasteiger partial charge in [-0.05, 0) is 17.0 Å². The van der Waals surface area contributed by atoms with E-state index >= 15 is 0 Å². The predicted molar refractivity (Wildman–Crippen MR) is 85.1 cm³/mol. The van der Waals surface area contributed by atoms with Gasteiger partial charge in [0, 0.05) is 11.8 Å². The fraction of sp³-hybridized carbons (Fsp3) is 0.588. The van der Waals surface area contributed by atoms with E-state index in [-0.39, 0.29) is 11.1 Å². The molecule has 0 saturated heterocycles. The van der Waals surface area contributed by atoms with Gasteiger partial charge in [0.25, 0.3) is 0 Å². The fourth-order valence-electron chi connectivity index (χ4n) is 2.23. The Morgan fingerprint density at radius 2 is 1.30 bits per heavy atom. The molecule has 2 nitrogen and oxygen atoms in total. The Kier molecular flexibility index (Phi) is 6.54. The van der Waals surface area contributed by atoms with Crippen molar-refractivity contribution < 1.29 is 53.4 Å². The summed E-state index contributed by atoms with van der Waals surface area (Å²) in [5, 5.41) is 10.1. The Balaban J connectivity index is 3.23. The molecule has 1 N–H and O–H groups in total. The van der Waals surface area contributed by atoms with Crippen LogP contribution in [0.25, 0.3) is 0 Å². The molecule has 30 heavy (non-hydrogen) atoms. The first-order chi connectivity index (χ1) is 13.1. The van der Waals surface area contributed by atoms with Gasteiger partial charge in [0.15, 0.2) is 0 Å². The molecule has 1 aromatic carbocycles. The summed E-state index contributed by atoms with van der Waals surface area (Å²) in [6.07, 6.45) is -6.83. The number of aliphatic imine (C=N–C) groups is 1. The Labute approximate surface area is 163 Å². The molecular formula is C17H16F11NO. The number of nitrogens with zero attached hydrogens (tertiary/aromatic N) is 1. The van der Waals surface area contributed by atoms with Gasteiger partial charge in [-0.2, -0.15) is 48.3 Å². The molecule has 0 saturated carbocycles. The lowest BCUT2D eigenvalue weighted by molar-refractivity contribution is -0.420. The average Bonchev–Trinajstić information content (AvgIpc) is 2.53. The van der Waals surface area contributed by atoms with Crippen LogP contribution in [-0.2, 0) is 5.41 Å². The first-order valence-electron chi connectivity index (χ1n) is 8.01. The molecule has 0 aliphatic carbocycles. The van der Waals surface area contributed by atoms with Gasteiger partial charge in [0.05, 0.1) is 0 Å². The summed E-state index contributed by atoms with van der Waals surface area (Å²) >= 11 is 0. The number of phenols is 1. The van der Waals surface area contributed by atoms with Gasteiger partial charge in [-0.25, -0.2) is 0 Å². The molecule has 0 aromatic heterocycles. The Morgan fingerprint density at radius 1 is 0.800 bits per heavy atom.